The molecule has 1 N–H and O–H groups in total. The fourth-order valence-corrected chi connectivity index (χ4v) is 3.96. The highest BCUT2D eigenvalue weighted by molar-refractivity contribution is 5.76. The SMILES string of the molecule is O=C(CCC1CCCC1)N1CCC(c2cc[nH]c(=O)c2)CC1. The van der Waals surface area contributed by atoms with Crippen molar-refractivity contribution in [3.05, 3.63) is 34.2 Å². The zero-order chi connectivity index (χ0) is 15.4. The van der Waals surface area contributed by atoms with E-state index >= 15 is 0 Å². The van der Waals surface area contributed by atoms with E-state index < -0.39 is 0 Å². The van der Waals surface area contributed by atoms with Gasteiger partial charge < -0.3 is 9.88 Å². The monoisotopic (exact) mass is 302 g/mol. The number of hydrogen-bond acceptors (Lipinski definition) is 2. The van der Waals surface area contributed by atoms with Gasteiger partial charge in [-0.05, 0) is 42.7 Å². The summed E-state index contributed by atoms with van der Waals surface area (Å²) in [6, 6.07) is 3.69. The number of pyridine rings is 1. The molecule has 0 spiro atoms. The molecule has 1 aliphatic heterocycles. The van der Waals surface area contributed by atoms with Crippen LogP contribution in [0.25, 0.3) is 0 Å². The van der Waals surface area contributed by atoms with Crippen LogP contribution in [0, 0.1) is 5.92 Å². The Kier molecular flexibility index (Phi) is 4.96. The number of aromatic amines is 1. The molecular formula is C18H26N2O2. The maximum absolute atomic E-state index is 12.3. The number of nitrogens with zero attached hydrogens (tertiary/aromatic N) is 1. The zero-order valence-corrected chi connectivity index (χ0v) is 13.2. The van der Waals surface area contributed by atoms with Crippen molar-refractivity contribution < 1.29 is 4.79 Å². The molecule has 1 saturated heterocycles. The van der Waals surface area contributed by atoms with E-state index in [4.69, 9.17) is 0 Å². The van der Waals surface area contributed by atoms with Crippen molar-refractivity contribution >= 4 is 5.91 Å². The molecule has 2 heterocycles. The van der Waals surface area contributed by atoms with Gasteiger partial charge in [-0.2, -0.15) is 0 Å². The number of carbonyl (C=O) groups is 1. The maximum Gasteiger partial charge on any atom is 0.248 e. The lowest BCUT2D eigenvalue weighted by Crippen LogP contribution is -2.38. The number of H-pyrrole nitrogens is 1. The quantitative estimate of drug-likeness (QED) is 0.929. The van der Waals surface area contributed by atoms with Crippen molar-refractivity contribution in [2.24, 2.45) is 5.92 Å². The molecule has 1 amide bonds. The van der Waals surface area contributed by atoms with Gasteiger partial charge in [0.2, 0.25) is 11.5 Å². The Morgan fingerprint density at radius 3 is 2.59 bits per heavy atom. The first-order valence-electron chi connectivity index (χ1n) is 8.69. The van der Waals surface area contributed by atoms with Gasteiger partial charge in [-0.1, -0.05) is 25.7 Å². The number of hydrogen-bond donors (Lipinski definition) is 1. The molecule has 0 unspecified atom stereocenters. The molecule has 1 saturated carbocycles. The summed E-state index contributed by atoms with van der Waals surface area (Å²) in [5, 5.41) is 0. The van der Waals surface area contributed by atoms with E-state index in [-0.39, 0.29) is 5.56 Å². The Labute approximate surface area is 131 Å². The van der Waals surface area contributed by atoms with Gasteiger partial charge in [0.05, 0.1) is 0 Å². The molecule has 0 aromatic carbocycles. The van der Waals surface area contributed by atoms with Gasteiger partial charge >= 0.3 is 0 Å². The minimum Gasteiger partial charge on any atom is -0.343 e. The smallest absolute Gasteiger partial charge is 0.248 e. The first-order chi connectivity index (χ1) is 10.7. The van der Waals surface area contributed by atoms with Crippen LogP contribution in [0.3, 0.4) is 0 Å². The predicted molar refractivity (Wildman–Crippen MR) is 86.8 cm³/mol. The van der Waals surface area contributed by atoms with Gasteiger partial charge in [0.25, 0.3) is 0 Å². The average Bonchev–Trinajstić information content (AvgIpc) is 3.06. The van der Waals surface area contributed by atoms with Crippen LogP contribution < -0.4 is 5.56 Å². The van der Waals surface area contributed by atoms with Gasteiger partial charge in [-0.3, -0.25) is 9.59 Å². The third kappa shape index (κ3) is 3.79. The second-order valence-corrected chi connectivity index (χ2v) is 6.83. The van der Waals surface area contributed by atoms with E-state index in [1.54, 1.807) is 12.3 Å². The second kappa shape index (κ2) is 7.12. The molecule has 4 heteroatoms. The molecule has 3 rings (SSSR count). The Morgan fingerprint density at radius 1 is 1.18 bits per heavy atom. The molecule has 1 aliphatic carbocycles. The molecule has 0 bridgehead atoms. The Bertz CT molecular complexity index is 552. The van der Waals surface area contributed by atoms with Crippen LogP contribution in [-0.4, -0.2) is 28.9 Å². The van der Waals surface area contributed by atoms with E-state index in [9.17, 15) is 9.59 Å². The fourth-order valence-electron chi connectivity index (χ4n) is 3.96. The van der Waals surface area contributed by atoms with Crippen molar-refractivity contribution in [3.8, 4) is 0 Å². The molecule has 22 heavy (non-hydrogen) atoms. The molecule has 1 aromatic heterocycles. The number of carbonyl (C=O) groups excluding carboxylic acids is 1. The second-order valence-electron chi connectivity index (χ2n) is 6.83. The lowest BCUT2D eigenvalue weighted by molar-refractivity contribution is -0.132. The van der Waals surface area contributed by atoms with E-state index in [0.717, 1.165) is 50.3 Å². The van der Waals surface area contributed by atoms with Crippen molar-refractivity contribution in [1.29, 1.82) is 0 Å². The highest BCUT2D eigenvalue weighted by Gasteiger charge is 2.24. The van der Waals surface area contributed by atoms with Gasteiger partial charge in [-0.15, -0.1) is 0 Å². The van der Waals surface area contributed by atoms with Crippen LogP contribution in [0.1, 0.15) is 62.8 Å². The van der Waals surface area contributed by atoms with Gasteiger partial charge in [0.15, 0.2) is 0 Å². The minimum atomic E-state index is -0.0347. The lowest BCUT2D eigenvalue weighted by atomic mass is 9.90. The molecule has 2 fully saturated rings. The summed E-state index contributed by atoms with van der Waals surface area (Å²) < 4.78 is 0. The normalized spacial score (nSPS) is 20.5. The van der Waals surface area contributed by atoms with E-state index in [2.05, 4.69) is 4.98 Å². The molecule has 1 aromatic rings. The molecule has 120 valence electrons. The highest BCUT2D eigenvalue weighted by atomic mass is 16.2. The van der Waals surface area contributed by atoms with Crippen LogP contribution in [0.15, 0.2) is 23.1 Å². The van der Waals surface area contributed by atoms with E-state index in [1.165, 1.54) is 25.7 Å². The summed E-state index contributed by atoms with van der Waals surface area (Å²) in [5.74, 6) is 1.54. The first kappa shape index (κ1) is 15.3. The van der Waals surface area contributed by atoms with Gasteiger partial charge in [-0.25, -0.2) is 0 Å². The zero-order valence-electron chi connectivity index (χ0n) is 13.2. The predicted octanol–water partition coefficient (Wildman–Crippen LogP) is 3.05. The lowest BCUT2D eigenvalue weighted by Gasteiger charge is -2.32. The van der Waals surface area contributed by atoms with Crippen LogP contribution in [0.2, 0.25) is 0 Å². The topological polar surface area (TPSA) is 53.2 Å². The number of likely N-dealkylation sites (tertiary alicyclic amines) is 1. The number of nitrogens with one attached hydrogen (secondary N) is 1. The number of aromatic nitrogens is 1. The first-order valence-corrected chi connectivity index (χ1v) is 8.69. The molecule has 0 atom stereocenters. The van der Waals surface area contributed by atoms with Crippen LogP contribution in [-0.2, 0) is 4.79 Å². The number of piperidine rings is 1. The van der Waals surface area contributed by atoms with Crippen molar-refractivity contribution in [3.63, 3.8) is 0 Å². The Hall–Kier alpha value is -1.58. The number of amides is 1. The van der Waals surface area contributed by atoms with Crippen LogP contribution in [0.4, 0.5) is 0 Å². The fraction of sp³-hybridized carbons (Fsp3) is 0.667. The summed E-state index contributed by atoms with van der Waals surface area (Å²) in [4.78, 5) is 28.4. The van der Waals surface area contributed by atoms with Gasteiger partial charge in [0, 0.05) is 31.8 Å². The number of rotatable bonds is 4. The van der Waals surface area contributed by atoms with Crippen LogP contribution >= 0.6 is 0 Å². The summed E-state index contributed by atoms with van der Waals surface area (Å²) in [7, 11) is 0. The van der Waals surface area contributed by atoms with Crippen LogP contribution in [0.5, 0.6) is 0 Å². The van der Waals surface area contributed by atoms with Crippen molar-refractivity contribution in [2.45, 2.75) is 57.3 Å². The third-order valence-electron chi connectivity index (χ3n) is 5.36. The Morgan fingerprint density at radius 2 is 1.91 bits per heavy atom. The standard InChI is InChI=1S/C18H26N2O2/c21-17-13-16(7-10-19-17)15-8-11-20(12-9-15)18(22)6-5-14-3-1-2-4-14/h7,10,13-15H,1-6,8-9,11-12H2,(H,19,21). The summed E-state index contributed by atoms with van der Waals surface area (Å²) in [5.41, 5.74) is 1.08. The summed E-state index contributed by atoms with van der Waals surface area (Å²) in [6.07, 6.45) is 10.8. The van der Waals surface area contributed by atoms with Gasteiger partial charge in [0.1, 0.15) is 0 Å². The average molecular weight is 302 g/mol. The van der Waals surface area contributed by atoms with Crippen molar-refractivity contribution in [2.75, 3.05) is 13.1 Å². The van der Waals surface area contributed by atoms with E-state index in [1.807, 2.05) is 11.0 Å². The molecule has 0 radical (unpaired) electrons. The van der Waals surface area contributed by atoms with E-state index in [0.29, 0.717) is 11.8 Å². The highest BCUT2D eigenvalue weighted by Crippen LogP contribution is 2.30. The minimum absolute atomic E-state index is 0.0347. The van der Waals surface area contributed by atoms with Crippen molar-refractivity contribution in [1.82, 2.24) is 9.88 Å². The third-order valence-corrected chi connectivity index (χ3v) is 5.36. The Balaban J connectivity index is 1.46. The largest absolute Gasteiger partial charge is 0.343 e. The molecule has 2 aliphatic rings. The maximum atomic E-state index is 12.3. The molecular weight excluding hydrogens is 276 g/mol. The summed E-state index contributed by atoms with van der Waals surface area (Å²) >= 11 is 0. The molecule has 4 nitrogen and oxygen atoms in total. The summed E-state index contributed by atoms with van der Waals surface area (Å²) in [6.45, 7) is 1.67.